The Hall–Kier alpha value is -3.04. The van der Waals surface area contributed by atoms with Gasteiger partial charge in [-0.15, -0.1) is 0 Å². The lowest BCUT2D eigenvalue weighted by atomic mass is 9.96. The van der Waals surface area contributed by atoms with E-state index in [0.717, 1.165) is 5.56 Å². The highest BCUT2D eigenvalue weighted by molar-refractivity contribution is 6.32. The quantitative estimate of drug-likeness (QED) is 0.447. The van der Waals surface area contributed by atoms with Gasteiger partial charge in [0.15, 0.2) is 0 Å². The summed E-state index contributed by atoms with van der Waals surface area (Å²) in [4.78, 5) is 28.6. The van der Waals surface area contributed by atoms with Gasteiger partial charge in [0.1, 0.15) is 29.5 Å². The van der Waals surface area contributed by atoms with Gasteiger partial charge in [0.2, 0.25) is 0 Å². The van der Waals surface area contributed by atoms with Crippen LogP contribution in [0.4, 0.5) is 9.18 Å². The summed E-state index contributed by atoms with van der Waals surface area (Å²) in [5.41, 5.74) is 0.700. The summed E-state index contributed by atoms with van der Waals surface area (Å²) in [6.07, 6.45) is 0.955. The molecule has 2 amide bonds. The number of ether oxygens (including phenoxy) is 3. The highest BCUT2D eigenvalue weighted by Crippen LogP contribution is 2.33. The molecule has 1 N–H and O–H groups in total. The highest BCUT2D eigenvalue weighted by atomic mass is 35.5. The molecule has 1 aliphatic rings. The molecule has 2 aromatic rings. The van der Waals surface area contributed by atoms with Crippen molar-refractivity contribution in [3.05, 3.63) is 58.4 Å². The minimum Gasteiger partial charge on any atom is -0.495 e. The van der Waals surface area contributed by atoms with E-state index in [1.165, 1.54) is 32.4 Å². The van der Waals surface area contributed by atoms with E-state index >= 15 is 0 Å². The van der Waals surface area contributed by atoms with Gasteiger partial charge in [-0.25, -0.2) is 9.18 Å². The van der Waals surface area contributed by atoms with Crippen LogP contribution in [0.15, 0.2) is 36.4 Å². The molecule has 0 bridgehead atoms. The molecule has 0 saturated carbocycles. The van der Waals surface area contributed by atoms with Crippen molar-refractivity contribution in [1.82, 2.24) is 15.1 Å². The summed E-state index contributed by atoms with van der Waals surface area (Å²) < 4.78 is 30.1. The Morgan fingerprint density at radius 3 is 2.64 bits per heavy atom. The van der Waals surface area contributed by atoms with Gasteiger partial charge < -0.3 is 29.3 Å². The van der Waals surface area contributed by atoms with Crippen LogP contribution in [0.1, 0.15) is 35.7 Å². The summed E-state index contributed by atoms with van der Waals surface area (Å²) in [6, 6.07) is 9.49. The van der Waals surface area contributed by atoms with Gasteiger partial charge >= 0.3 is 6.09 Å². The molecule has 0 radical (unpaired) electrons. The van der Waals surface area contributed by atoms with E-state index in [1.54, 1.807) is 23.1 Å². The third-order valence-electron chi connectivity index (χ3n) is 6.34. The van der Waals surface area contributed by atoms with E-state index < -0.39 is 5.60 Å². The first-order valence-corrected chi connectivity index (χ1v) is 12.2. The molecular formula is C26H33ClFN3O5. The predicted molar refractivity (Wildman–Crippen MR) is 135 cm³/mol. The maximum absolute atomic E-state index is 13.1. The first-order valence-electron chi connectivity index (χ1n) is 11.8. The molecule has 36 heavy (non-hydrogen) atoms. The average Bonchev–Trinajstić information content (AvgIpc) is 3.20. The Labute approximate surface area is 216 Å². The molecule has 196 valence electrons. The molecule has 0 aromatic heterocycles. The first-order chi connectivity index (χ1) is 17.2. The number of rotatable bonds is 12. The number of carbonyl (C=O) groups excluding carboxylic acids is 2. The smallest absolute Gasteiger partial charge is 0.410 e. The Bertz CT molecular complexity index is 1070. The number of cyclic esters (lactones) is 1. The summed E-state index contributed by atoms with van der Waals surface area (Å²) >= 11 is 6.16. The van der Waals surface area contributed by atoms with Crippen molar-refractivity contribution in [3.63, 3.8) is 0 Å². The van der Waals surface area contributed by atoms with Crippen molar-refractivity contribution < 1.29 is 28.2 Å². The van der Waals surface area contributed by atoms with E-state index in [9.17, 15) is 14.0 Å². The second-order valence-electron chi connectivity index (χ2n) is 8.85. The van der Waals surface area contributed by atoms with Gasteiger partial charge in [0.05, 0.1) is 30.8 Å². The molecule has 1 unspecified atom stereocenters. The van der Waals surface area contributed by atoms with Gasteiger partial charge in [-0.05, 0) is 37.2 Å². The van der Waals surface area contributed by atoms with Crippen LogP contribution < -0.4 is 14.8 Å². The van der Waals surface area contributed by atoms with Crippen molar-refractivity contribution in [2.45, 2.75) is 31.9 Å². The van der Waals surface area contributed by atoms with Crippen molar-refractivity contribution in [3.8, 4) is 11.5 Å². The Morgan fingerprint density at radius 2 is 2.00 bits per heavy atom. The van der Waals surface area contributed by atoms with Crippen LogP contribution in [0, 0.1) is 5.82 Å². The minimum atomic E-state index is -0.592. The molecule has 2 aromatic carbocycles. The molecule has 1 fully saturated rings. The van der Waals surface area contributed by atoms with E-state index in [4.69, 9.17) is 25.8 Å². The first kappa shape index (κ1) is 27.5. The number of benzene rings is 2. The lowest BCUT2D eigenvalue weighted by Gasteiger charge is -2.28. The zero-order valence-corrected chi connectivity index (χ0v) is 21.9. The molecule has 1 saturated heterocycles. The largest absolute Gasteiger partial charge is 0.495 e. The molecule has 3 rings (SSSR count). The SMILES string of the molecule is CCC1(CCN(C)Cc2ccc(F)cc2)CN(CCOc2cc(OC)c(Cl)cc2C(=O)NC)C(=O)O1. The van der Waals surface area contributed by atoms with Gasteiger partial charge in [0, 0.05) is 32.6 Å². The van der Waals surface area contributed by atoms with Gasteiger partial charge in [-0.1, -0.05) is 30.7 Å². The van der Waals surface area contributed by atoms with Crippen molar-refractivity contribution in [2.75, 3.05) is 47.4 Å². The van der Waals surface area contributed by atoms with Crippen LogP contribution in [0.2, 0.25) is 5.02 Å². The Balaban J connectivity index is 1.57. The molecule has 0 aliphatic carbocycles. The number of amides is 2. The standard InChI is InChI=1S/C26H33ClFN3O5/c1-5-26(10-11-30(3)16-18-6-8-19(28)9-7-18)17-31(25(33)36-26)12-13-35-22-15-23(34-4)21(27)14-20(22)24(32)29-2/h6-9,14-15H,5,10-13,16-17H2,1-4H3,(H,29,32). The number of hydrogen-bond acceptors (Lipinski definition) is 6. The van der Waals surface area contributed by atoms with Crippen LogP contribution in [-0.2, 0) is 11.3 Å². The fourth-order valence-electron chi connectivity index (χ4n) is 4.12. The second-order valence-corrected chi connectivity index (χ2v) is 9.26. The number of carbonyl (C=O) groups is 2. The fourth-order valence-corrected chi connectivity index (χ4v) is 4.36. The molecule has 1 atom stereocenters. The molecule has 10 heteroatoms. The zero-order valence-electron chi connectivity index (χ0n) is 21.1. The summed E-state index contributed by atoms with van der Waals surface area (Å²) in [7, 11) is 4.98. The molecule has 1 aliphatic heterocycles. The predicted octanol–water partition coefficient (Wildman–Crippen LogP) is 4.35. The summed E-state index contributed by atoms with van der Waals surface area (Å²) in [5, 5.41) is 2.86. The van der Waals surface area contributed by atoms with E-state index in [1.807, 2.05) is 14.0 Å². The topological polar surface area (TPSA) is 80.3 Å². The minimum absolute atomic E-state index is 0.161. The lowest BCUT2D eigenvalue weighted by molar-refractivity contribution is 0.0386. The summed E-state index contributed by atoms with van der Waals surface area (Å²) in [6.45, 7) is 4.29. The van der Waals surface area contributed by atoms with Gasteiger partial charge in [-0.3, -0.25) is 4.79 Å². The normalized spacial score (nSPS) is 17.3. The zero-order chi connectivity index (χ0) is 26.3. The Kier molecular flexibility index (Phi) is 9.39. The lowest BCUT2D eigenvalue weighted by Crippen LogP contribution is -2.38. The number of halogens is 2. The molecule has 1 heterocycles. The monoisotopic (exact) mass is 521 g/mol. The van der Waals surface area contributed by atoms with Crippen LogP contribution in [0.5, 0.6) is 11.5 Å². The maximum atomic E-state index is 13.1. The third kappa shape index (κ3) is 6.79. The maximum Gasteiger partial charge on any atom is 0.410 e. The van der Waals surface area contributed by atoms with Gasteiger partial charge in [0.25, 0.3) is 5.91 Å². The van der Waals surface area contributed by atoms with Crippen LogP contribution in [0.3, 0.4) is 0 Å². The average molecular weight is 522 g/mol. The van der Waals surface area contributed by atoms with Crippen molar-refractivity contribution in [2.24, 2.45) is 0 Å². The fraction of sp³-hybridized carbons (Fsp3) is 0.462. The highest BCUT2D eigenvalue weighted by Gasteiger charge is 2.43. The van der Waals surface area contributed by atoms with Crippen LogP contribution >= 0.6 is 11.6 Å². The number of methoxy groups -OCH3 is 1. The number of nitrogens with zero attached hydrogens (tertiary/aromatic N) is 2. The van der Waals surface area contributed by atoms with Gasteiger partial charge in [-0.2, -0.15) is 0 Å². The van der Waals surface area contributed by atoms with E-state index in [0.29, 0.717) is 55.5 Å². The van der Waals surface area contributed by atoms with Crippen molar-refractivity contribution in [1.29, 1.82) is 0 Å². The second kappa shape index (κ2) is 12.3. The molecule has 0 spiro atoms. The number of hydrogen-bond donors (Lipinski definition) is 1. The summed E-state index contributed by atoms with van der Waals surface area (Å²) in [5.74, 6) is 0.0974. The number of nitrogens with one attached hydrogen (secondary N) is 1. The van der Waals surface area contributed by atoms with Crippen LogP contribution in [-0.4, -0.2) is 74.8 Å². The molecular weight excluding hydrogens is 489 g/mol. The Morgan fingerprint density at radius 1 is 1.28 bits per heavy atom. The van der Waals surface area contributed by atoms with Crippen LogP contribution in [0.25, 0.3) is 0 Å². The molecule has 8 nitrogen and oxygen atoms in total. The van der Waals surface area contributed by atoms with E-state index in [-0.39, 0.29) is 30.0 Å². The van der Waals surface area contributed by atoms with Crippen molar-refractivity contribution >= 4 is 23.6 Å². The van der Waals surface area contributed by atoms with E-state index in [2.05, 4.69) is 10.2 Å². The third-order valence-corrected chi connectivity index (χ3v) is 6.64.